The average molecular weight is 500 g/mol. The number of hydrogen-bond acceptors (Lipinski definition) is 4. The molecule has 0 aromatic carbocycles. The lowest BCUT2D eigenvalue weighted by Gasteiger charge is -2.62. The van der Waals surface area contributed by atoms with Crippen LogP contribution in [0.1, 0.15) is 127 Å². The predicted octanol–water partition coefficient (Wildman–Crippen LogP) is 8.57. The SMILES string of the molecule is CC(=O)O[C@@H]1CC[C@]2(C)C3=C(CC[C@@H]2C1(C)C)[C@]1(C)CC[C@H]([C@@H](C)CC/C(=N\O)C(C)C)[C@]1(C)CC3. The molecule has 2 fully saturated rings. The summed E-state index contributed by atoms with van der Waals surface area (Å²) in [4.78, 5) is 11.8. The average Bonchev–Trinajstić information content (AvgIpc) is 3.07. The minimum atomic E-state index is -0.134. The molecule has 4 aliphatic carbocycles. The maximum atomic E-state index is 11.8. The molecule has 0 heterocycles. The summed E-state index contributed by atoms with van der Waals surface area (Å²) in [5.74, 6) is 2.11. The van der Waals surface area contributed by atoms with Gasteiger partial charge in [-0.1, -0.05) is 71.7 Å². The third kappa shape index (κ3) is 4.08. The molecule has 0 spiro atoms. The van der Waals surface area contributed by atoms with Gasteiger partial charge in [-0.25, -0.2) is 0 Å². The molecule has 1 N–H and O–H groups in total. The Morgan fingerprint density at radius 2 is 1.69 bits per heavy atom. The van der Waals surface area contributed by atoms with Crippen LogP contribution in [-0.4, -0.2) is 23.0 Å². The molecular formula is C32H53NO3. The molecule has 36 heavy (non-hydrogen) atoms. The first-order chi connectivity index (χ1) is 16.7. The van der Waals surface area contributed by atoms with E-state index in [0.29, 0.717) is 23.2 Å². The Hall–Kier alpha value is -1.32. The van der Waals surface area contributed by atoms with E-state index in [9.17, 15) is 10.0 Å². The highest BCUT2D eigenvalue weighted by Gasteiger charge is 2.63. The fourth-order valence-corrected chi connectivity index (χ4v) is 10.1. The van der Waals surface area contributed by atoms with Crippen molar-refractivity contribution < 1.29 is 14.7 Å². The fourth-order valence-electron chi connectivity index (χ4n) is 10.1. The summed E-state index contributed by atoms with van der Waals surface area (Å²) in [6.45, 7) is 20.8. The third-order valence-corrected chi connectivity index (χ3v) is 12.4. The number of hydrogen-bond donors (Lipinski definition) is 1. The maximum absolute atomic E-state index is 11.8. The van der Waals surface area contributed by atoms with Gasteiger partial charge in [-0.05, 0) is 104 Å². The van der Waals surface area contributed by atoms with Crippen LogP contribution in [0.2, 0.25) is 0 Å². The minimum absolute atomic E-state index is 0.00790. The van der Waals surface area contributed by atoms with Gasteiger partial charge in [-0.3, -0.25) is 4.79 Å². The van der Waals surface area contributed by atoms with E-state index in [0.717, 1.165) is 37.3 Å². The number of rotatable bonds is 6. The van der Waals surface area contributed by atoms with Crippen molar-refractivity contribution in [2.75, 3.05) is 0 Å². The summed E-state index contributed by atoms with van der Waals surface area (Å²) < 4.78 is 5.87. The number of carbonyl (C=O) groups excluding carboxylic acids is 1. The maximum Gasteiger partial charge on any atom is 0.302 e. The summed E-state index contributed by atoms with van der Waals surface area (Å²) in [5, 5.41) is 13.1. The van der Waals surface area contributed by atoms with Gasteiger partial charge >= 0.3 is 5.97 Å². The second-order valence-electron chi connectivity index (χ2n) is 14.6. The van der Waals surface area contributed by atoms with Crippen molar-refractivity contribution in [2.45, 2.75) is 133 Å². The predicted molar refractivity (Wildman–Crippen MR) is 147 cm³/mol. The highest BCUT2D eigenvalue weighted by molar-refractivity contribution is 5.85. The van der Waals surface area contributed by atoms with E-state index in [2.05, 4.69) is 60.5 Å². The number of oxime groups is 1. The van der Waals surface area contributed by atoms with Crippen molar-refractivity contribution in [3.8, 4) is 0 Å². The second-order valence-corrected chi connectivity index (χ2v) is 14.6. The van der Waals surface area contributed by atoms with Gasteiger partial charge in [0, 0.05) is 12.3 Å². The first-order valence-electron chi connectivity index (χ1n) is 14.8. The highest BCUT2D eigenvalue weighted by Crippen LogP contribution is 2.72. The van der Waals surface area contributed by atoms with E-state index in [1.165, 1.54) is 38.5 Å². The molecule has 0 aromatic rings. The van der Waals surface area contributed by atoms with Crippen molar-refractivity contribution in [2.24, 2.45) is 50.5 Å². The van der Waals surface area contributed by atoms with Crippen LogP contribution in [0, 0.1) is 45.3 Å². The van der Waals surface area contributed by atoms with Crippen LogP contribution >= 0.6 is 0 Å². The van der Waals surface area contributed by atoms with Crippen molar-refractivity contribution in [1.82, 2.24) is 0 Å². The highest BCUT2D eigenvalue weighted by atomic mass is 16.5. The van der Waals surface area contributed by atoms with E-state index in [-0.39, 0.29) is 28.3 Å². The quantitative estimate of drug-likeness (QED) is 0.131. The number of carbonyl (C=O) groups is 1. The van der Waals surface area contributed by atoms with Crippen molar-refractivity contribution in [3.63, 3.8) is 0 Å². The van der Waals surface area contributed by atoms with Gasteiger partial charge in [-0.2, -0.15) is 0 Å². The molecule has 4 aliphatic rings. The van der Waals surface area contributed by atoms with E-state index >= 15 is 0 Å². The summed E-state index contributed by atoms with van der Waals surface area (Å²) in [7, 11) is 0. The van der Waals surface area contributed by atoms with Crippen LogP contribution in [0.15, 0.2) is 16.3 Å². The molecule has 4 nitrogen and oxygen atoms in total. The largest absolute Gasteiger partial charge is 0.462 e. The lowest BCUT2D eigenvalue weighted by Crippen LogP contribution is -2.55. The normalized spacial score (nSPS) is 40.9. The molecule has 0 radical (unpaired) electrons. The molecule has 2 saturated carbocycles. The molecule has 0 bridgehead atoms. The molecule has 204 valence electrons. The Morgan fingerprint density at radius 1 is 1.00 bits per heavy atom. The molecule has 0 saturated heterocycles. The molecule has 0 aromatic heterocycles. The molecule has 0 unspecified atom stereocenters. The number of ether oxygens (including phenoxy) is 1. The van der Waals surface area contributed by atoms with Crippen LogP contribution in [0.4, 0.5) is 0 Å². The van der Waals surface area contributed by atoms with Crippen LogP contribution in [-0.2, 0) is 9.53 Å². The zero-order valence-corrected chi connectivity index (χ0v) is 24.7. The lowest BCUT2D eigenvalue weighted by molar-refractivity contribution is -0.167. The van der Waals surface area contributed by atoms with E-state index in [1.807, 2.05) is 5.57 Å². The Labute approximate surface area is 220 Å². The van der Waals surface area contributed by atoms with Crippen LogP contribution < -0.4 is 0 Å². The number of nitrogens with zero attached hydrogens (tertiary/aromatic N) is 1. The lowest BCUT2D eigenvalue weighted by atomic mass is 9.43. The molecule has 4 heteroatoms. The van der Waals surface area contributed by atoms with Crippen molar-refractivity contribution >= 4 is 11.7 Å². The van der Waals surface area contributed by atoms with Gasteiger partial charge in [0.1, 0.15) is 6.10 Å². The van der Waals surface area contributed by atoms with E-state index in [1.54, 1.807) is 12.5 Å². The Bertz CT molecular complexity index is 932. The first kappa shape index (κ1) is 27.7. The number of esters is 1. The molecular weight excluding hydrogens is 446 g/mol. The zero-order chi connectivity index (χ0) is 26.7. The topological polar surface area (TPSA) is 58.9 Å². The zero-order valence-electron chi connectivity index (χ0n) is 24.7. The first-order valence-corrected chi connectivity index (χ1v) is 14.8. The van der Waals surface area contributed by atoms with Gasteiger partial charge in [0.05, 0.1) is 5.71 Å². The Morgan fingerprint density at radius 3 is 2.31 bits per heavy atom. The van der Waals surface area contributed by atoms with Gasteiger partial charge in [0.15, 0.2) is 0 Å². The van der Waals surface area contributed by atoms with Crippen LogP contribution in [0.25, 0.3) is 0 Å². The Kier molecular flexibility index (Phi) is 7.28. The van der Waals surface area contributed by atoms with Gasteiger partial charge in [0.25, 0.3) is 0 Å². The number of allylic oxidation sites excluding steroid dienone is 2. The second kappa shape index (κ2) is 9.45. The van der Waals surface area contributed by atoms with Gasteiger partial charge < -0.3 is 9.94 Å². The third-order valence-electron chi connectivity index (χ3n) is 12.4. The summed E-state index contributed by atoms with van der Waals surface area (Å²) in [5.41, 5.74) is 5.41. The monoisotopic (exact) mass is 499 g/mol. The fraction of sp³-hybridized carbons (Fsp3) is 0.875. The van der Waals surface area contributed by atoms with Crippen LogP contribution in [0.5, 0.6) is 0 Å². The standard InChI is InChI=1S/C32H53NO3/c1-20(2)26(33-35)12-10-21(3)23-14-18-32(9)25-11-13-27-29(5,6)28(36-22(4)34)16-17-30(27,7)24(25)15-19-31(23,32)8/h20-21,23,27-28,35H,10-19H2,1-9H3/b33-26+/t21-,23+,27+,28+,30+,31-,32-/m0/s1. The van der Waals surface area contributed by atoms with Crippen LogP contribution in [0.3, 0.4) is 0 Å². The van der Waals surface area contributed by atoms with Gasteiger partial charge in [-0.15, -0.1) is 0 Å². The minimum Gasteiger partial charge on any atom is -0.462 e. The molecule has 7 atom stereocenters. The molecule has 0 aliphatic heterocycles. The molecule has 0 amide bonds. The van der Waals surface area contributed by atoms with Crippen molar-refractivity contribution in [1.29, 1.82) is 0 Å². The Balaban J connectivity index is 1.60. The van der Waals surface area contributed by atoms with E-state index < -0.39 is 0 Å². The summed E-state index contributed by atoms with van der Waals surface area (Å²) in [6.07, 6.45) is 11.8. The molecule has 4 rings (SSSR count). The summed E-state index contributed by atoms with van der Waals surface area (Å²) >= 11 is 0. The van der Waals surface area contributed by atoms with Gasteiger partial charge in [0.2, 0.25) is 0 Å². The van der Waals surface area contributed by atoms with E-state index in [4.69, 9.17) is 4.74 Å². The summed E-state index contributed by atoms with van der Waals surface area (Å²) in [6, 6.07) is 0. The number of fused-ring (bicyclic) bond motifs is 4. The van der Waals surface area contributed by atoms with Crippen molar-refractivity contribution in [3.05, 3.63) is 11.1 Å². The smallest absolute Gasteiger partial charge is 0.302 e.